The van der Waals surface area contributed by atoms with E-state index in [9.17, 15) is 9.18 Å². The molecule has 0 saturated carbocycles. The zero-order chi connectivity index (χ0) is 12.0. The van der Waals surface area contributed by atoms with Crippen molar-refractivity contribution in [3.05, 3.63) is 35.6 Å². The van der Waals surface area contributed by atoms with Gasteiger partial charge in [0.05, 0.1) is 13.0 Å². The molecular weight excluding hydrogens is 209 g/mol. The van der Waals surface area contributed by atoms with E-state index in [0.717, 1.165) is 5.56 Å². The average Bonchev–Trinajstić information content (AvgIpc) is 2.27. The molecule has 1 atom stereocenters. The van der Waals surface area contributed by atoms with Crippen LogP contribution in [0, 0.1) is 5.82 Å². The van der Waals surface area contributed by atoms with Crippen LogP contribution in [0.2, 0.25) is 0 Å². The Balaban J connectivity index is 2.67. The molecule has 16 heavy (non-hydrogen) atoms. The lowest BCUT2D eigenvalue weighted by molar-refractivity contribution is -0.143. The van der Waals surface area contributed by atoms with Crippen LogP contribution in [0.25, 0.3) is 0 Å². The fourth-order valence-corrected chi connectivity index (χ4v) is 1.47. The largest absolute Gasteiger partial charge is 0.466 e. The van der Waals surface area contributed by atoms with Gasteiger partial charge >= 0.3 is 5.97 Å². The summed E-state index contributed by atoms with van der Waals surface area (Å²) in [5.74, 6) is -0.541. The van der Waals surface area contributed by atoms with Crippen molar-refractivity contribution in [3.63, 3.8) is 0 Å². The molecule has 1 aromatic carbocycles. The quantitative estimate of drug-likeness (QED) is 0.779. The summed E-state index contributed by atoms with van der Waals surface area (Å²) in [5.41, 5.74) is 0.872. The van der Waals surface area contributed by atoms with Crippen LogP contribution >= 0.6 is 0 Å². The van der Waals surface area contributed by atoms with Crippen molar-refractivity contribution >= 4 is 5.97 Å². The third-order valence-corrected chi connectivity index (χ3v) is 2.30. The second-order valence-electron chi connectivity index (χ2n) is 3.40. The predicted molar refractivity (Wildman–Crippen MR) is 59.5 cm³/mol. The van der Waals surface area contributed by atoms with E-state index in [-0.39, 0.29) is 24.2 Å². The Hall–Kier alpha value is -1.42. The molecule has 1 N–H and O–H groups in total. The maximum atomic E-state index is 12.7. The van der Waals surface area contributed by atoms with Crippen LogP contribution in [0.5, 0.6) is 0 Å². The SMILES string of the molecule is CCOC(=O)C[C@@H](NC)c1ccc(F)cc1. The summed E-state index contributed by atoms with van der Waals surface area (Å²) in [6.07, 6.45) is 0.246. The van der Waals surface area contributed by atoms with E-state index in [4.69, 9.17) is 4.74 Å². The Kier molecular flexibility index (Phi) is 4.92. The summed E-state index contributed by atoms with van der Waals surface area (Å²) in [5, 5.41) is 3.00. The van der Waals surface area contributed by atoms with Gasteiger partial charge in [-0.2, -0.15) is 0 Å². The van der Waals surface area contributed by atoms with E-state index in [1.54, 1.807) is 26.1 Å². The number of hydrogen-bond donors (Lipinski definition) is 1. The lowest BCUT2D eigenvalue weighted by Crippen LogP contribution is -2.21. The van der Waals surface area contributed by atoms with E-state index >= 15 is 0 Å². The molecule has 0 radical (unpaired) electrons. The number of carbonyl (C=O) groups is 1. The van der Waals surface area contributed by atoms with Crippen molar-refractivity contribution in [2.75, 3.05) is 13.7 Å². The first kappa shape index (κ1) is 12.6. The van der Waals surface area contributed by atoms with Gasteiger partial charge < -0.3 is 10.1 Å². The normalized spacial score (nSPS) is 12.2. The average molecular weight is 225 g/mol. The van der Waals surface area contributed by atoms with E-state index in [1.165, 1.54) is 12.1 Å². The summed E-state index contributed by atoms with van der Waals surface area (Å²) in [7, 11) is 1.76. The number of rotatable bonds is 5. The second-order valence-corrected chi connectivity index (χ2v) is 3.40. The maximum Gasteiger partial charge on any atom is 0.307 e. The van der Waals surface area contributed by atoms with Gasteiger partial charge in [0.25, 0.3) is 0 Å². The van der Waals surface area contributed by atoms with Gasteiger partial charge in [0.2, 0.25) is 0 Å². The molecule has 88 valence electrons. The molecule has 1 aromatic rings. The van der Waals surface area contributed by atoms with Gasteiger partial charge in [-0.25, -0.2) is 4.39 Å². The highest BCUT2D eigenvalue weighted by atomic mass is 19.1. The Morgan fingerprint density at radius 3 is 2.56 bits per heavy atom. The number of ether oxygens (including phenoxy) is 1. The van der Waals surface area contributed by atoms with Crippen molar-refractivity contribution in [1.82, 2.24) is 5.32 Å². The molecule has 0 aliphatic carbocycles. The van der Waals surface area contributed by atoms with Crippen LogP contribution in [0.3, 0.4) is 0 Å². The molecule has 0 aliphatic rings. The fraction of sp³-hybridized carbons (Fsp3) is 0.417. The molecule has 0 aromatic heterocycles. The molecule has 0 fully saturated rings. The van der Waals surface area contributed by atoms with Crippen LogP contribution in [0.4, 0.5) is 4.39 Å². The molecule has 0 saturated heterocycles. The van der Waals surface area contributed by atoms with Crippen molar-refractivity contribution in [2.24, 2.45) is 0 Å². The Labute approximate surface area is 94.6 Å². The van der Waals surface area contributed by atoms with E-state index in [0.29, 0.717) is 6.61 Å². The first-order chi connectivity index (χ1) is 7.67. The van der Waals surface area contributed by atoms with Crippen LogP contribution in [-0.2, 0) is 9.53 Å². The van der Waals surface area contributed by atoms with Gasteiger partial charge in [-0.05, 0) is 31.7 Å². The second kappa shape index (κ2) is 6.23. The van der Waals surface area contributed by atoms with Gasteiger partial charge in [-0.15, -0.1) is 0 Å². The lowest BCUT2D eigenvalue weighted by Gasteiger charge is -2.15. The third kappa shape index (κ3) is 3.62. The molecular formula is C12H16FNO2. The highest BCUT2D eigenvalue weighted by Gasteiger charge is 2.14. The number of nitrogens with one attached hydrogen (secondary N) is 1. The lowest BCUT2D eigenvalue weighted by atomic mass is 10.0. The highest BCUT2D eigenvalue weighted by Crippen LogP contribution is 2.17. The highest BCUT2D eigenvalue weighted by molar-refractivity contribution is 5.70. The van der Waals surface area contributed by atoms with Crippen LogP contribution in [0.15, 0.2) is 24.3 Å². The van der Waals surface area contributed by atoms with Crippen LogP contribution < -0.4 is 5.32 Å². The predicted octanol–water partition coefficient (Wildman–Crippen LogP) is 2.04. The number of esters is 1. The molecule has 0 amide bonds. The summed E-state index contributed by atoms with van der Waals surface area (Å²) >= 11 is 0. The molecule has 0 bridgehead atoms. The zero-order valence-corrected chi connectivity index (χ0v) is 9.50. The van der Waals surface area contributed by atoms with Crippen molar-refractivity contribution in [1.29, 1.82) is 0 Å². The van der Waals surface area contributed by atoms with E-state index < -0.39 is 0 Å². The summed E-state index contributed by atoms with van der Waals surface area (Å²) in [6, 6.07) is 5.95. The van der Waals surface area contributed by atoms with Gasteiger partial charge in [0.1, 0.15) is 5.82 Å². The van der Waals surface area contributed by atoms with E-state index in [2.05, 4.69) is 5.32 Å². The van der Waals surface area contributed by atoms with Crippen LogP contribution in [-0.4, -0.2) is 19.6 Å². The van der Waals surface area contributed by atoms with Gasteiger partial charge in [-0.1, -0.05) is 12.1 Å². The van der Waals surface area contributed by atoms with Gasteiger partial charge in [0.15, 0.2) is 0 Å². The molecule has 0 spiro atoms. The number of carbonyl (C=O) groups excluding carboxylic acids is 1. The monoisotopic (exact) mass is 225 g/mol. The van der Waals surface area contributed by atoms with E-state index in [1.807, 2.05) is 0 Å². The maximum absolute atomic E-state index is 12.7. The smallest absolute Gasteiger partial charge is 0.307 e. The standard InChI is InChI=1S/C12H16FNO2/c1-3-16-12(15)8-11(14-2)9-4-6-10(13)7-5-9/h4-7,11,14H,3,8H2,1-2H3/t11-/m1/s1. The molecule has 0 unspecified atom stereocenters. The molecule has 0 heterocycles. The minimum atomic E-state index is -0.283. The summed E-state index contributed by atoms with van der Waals surface area (Å²) in [4.78, 5) is 11.3. The zero-order valence-electron chi connectivity index (χ0n) is 9.50. The minimum Gasteiger partial charge on any atom is -0.466 e. The van der Waals surface area contributed by atoms with Crippen molar-refractivity contribution in [2.45, 2.75) is 19.4 Å². The molecule has 4 heteroatoms. The molecule has 3 nitrogen and oxygen atoms in total. The third-order valence-electron chi connectivity index (χ3n) is 2.30. The Bertz CT molecular complexity index is 337. The Morgan fingerprint density at radius 2 is 2.06 bits per heavy atom. The summed E-state index contributed by atoms with van der Waals surface area (Å²) < 4.78 is 17.6. The first-order valence-electron chi connectivity index (χ1n) is 5.25. The van der Waals surface area contributed by atoms with Crippen LogP contribution in [0.1, 0.15) is 24.9 Å². The number of halogens is 1. The van der Waals surface area contributed by atoms with Gasteiger partial charge in [-0.3, -0.25) is 4.79 Å². The Morgan fingerprint density at radius 1 is 1.44 bits per heavy atom. The van der Waals surface area contributed by atoms with Crippen molar-refractivity contribution in [3.8, 4) is 0 Å². The molecule has 1 rings (SSSR count). The number of hydrogen-bond acceptors (Lipinski definition) is 3. The topological polar surface area (TPSA) is 38.3 Å². The van der Waals surface area contributed by atoms with Gasteiger partial charge in [0, 0.05) is 6.04 Å². The summed E-state index contributed by atoms with van der Waals surface area (Å²) in [6.45, 7) is 2.14. The van der Waals surface area contributed by atoms with Crippen molar-refractivity contribution < 1.29 is 13.9 Å². The number of benzene rings is 1. The first-order valence-corrected chi connectivity index (χ1v) is 5.25. The fourth-order valence-electron chi connectivity index (χ4n) is 1.47. The minimum absolute atomic E-state index is 0.139. The molecule has 0 aliphatic heterocycles.